The zero-order valence-corrected chi connectivity index (χ0v) is 15.8. The lowest BCUT2D eigenvalue weighted by molar-refractivity contribution is -0.148. The van der Waals surface area contributed by atoms with Crippen LogP contribution in [0, 0.1) is 0 Å². The molecule has 0 bridgehead atoms. The van der Waals surface area contributed by atoms with Gasteiger partial charge in [0.1, 0.15) is 0 Å². The molecule has 1 heterocycles. The molecular formula is C20H21NO5S. The molecule has 0 unspecified atom stereocenters. The van der Waals surface area contributed by atoms with Crippen LogP contribution in [0.15, 0.2) is 47.8 Å². The highest BCUT2D eigenvalue weighted by atomic mass is 32.1. The Labute approximate surface area is 161 Å². The van der Waals surface area contributed by atoms with Crippen molar-refractivity contribution in [2.24, 2.45) is 0 Å². The fraction of sp³-hybridized carbons (Fsp3) is 0.300. The molecule has 1 amide bonds. The lowest BCUT2D eigenvalue weighted by Gasteiger charge is -2.16. The number of esters is 1. The molecule has 0 aliphatic carbocycles. The van der Waals surface area contributed by atoms with Crippen molar-refractivity contribution < 1.29 is 23.9 Å². The number of rotatable bonds is 10. The van der Waals surface area contributed by atoms with E-state index < -0.39 is 24.5 Å². The van der Waals surface area contributed by atoms with E-state index in [2.05, 4.69) is 5.32 Å². The largest absolute Gasteiger partial charge is 0.456 e. The van der Waals surface area contributed by atoms with Crippen molar-refractivity contribution in [3.63, 3.8) is 0 Å². The van der Waals surface area contributed by atoms with Gasteiger partial charge in [0.25, 0.3) is 5.91 Å². The van der Waals surface area contributed by atoms with Gasteiger partial charge in [-0.2, -0.15) is 0 Å². The van der Waals surface area contributed by atoms with E-state index in [1.165, 1.54) is 18.3 Å². The summed E-state index contributed by atoms with van der Waals surface area (Å²) in [5.74, 6) is -1.49. The number of nitrogens with one attached hydrogen (secondary N) is 1. The average molecular weight is 387 g/mol. The molecule has 0 saturated heterocycles. The number of carbonyl (C=O) groups is 4. The Hall–Kier alpha value is -2.80. The second-order valence-electron chi connectivity index (χ2n) is 5.98. The summed E-state index contributed by atoms with van der Waals surface area (Å²) in [5, 5.41) is 4.37. The van der Waals surface area contributed by atoms with Crippen molar-refractivity contribution in [2.75, 3.05) is 6.61 Å². The third-order valence-corrected chi connectivity index (χ3v) is 4.74. The first-order valence-electron chi connectivity index (χ1n) is 8.51. The fourth-order valence-electron chi connectivity index (χ4n) is 2.38. The number of ketones is 2. The van der Waals surface area contributed by atoms with Crippen molar-refractivity contribution in [1.29, 1.82) is 0 Å². The Morgan fingerprint density at radius 2 is 1.78 bits per heavy atom. The molecule has 0 aliphatic heterocycles. The van der Waals surface area contributed by atoms with E-state index in [1.54, 1.807) is 17.5 Å². The number of thiophene rings is 1. The molecule has 1 atom stereocenters. The van der Waals surface area contributed by atoms with E-state index in [0.717, 1.165) is 5.56 Å². The zero-order chi connectivity index (χ0) is 19.6. The molecule has 2 rings (SSSR count). The predicted octanol–water partition coefficient (Wildman–Crippen LogP) is 2.57. The molecule has 6 nitrogen and oxygen atoms in total. The predicted molar refractivity (Wildman–Crippen MR) is 102 cm³/mol. The van der Waals surface area contributed by atoms with Gasteiger partial charge >= 0.3 is 5.97 Å². The van der Waals surface area contributed by atoms with E-state index in [0.29, 0.717) is 11.3 Å². The highest BCUT2D eigenvalue weighted by Gasteiger charge is 2.19. The molecule has 0 radical (unpaired) electrons. The van der Waals surface area contributed by atoms with Crippen LogP contribution in [0.4, 0.5) is 0 Å². The highest BCUT2D eigenvalue weighted by Crippen LogP contribution is 2.12. The Morgan fingerprint density at radius 1 is 1.04 bits per heavy atom. The van der Waals surface area contributed by atoms with Crippen molar-refractivity contribution >= 4 is 34.8 Å². The summed E-state index contributed by atoms with van der Waals surface area (Å²) in [6.07, 6.45) is 0.306. The minimum atomic E-state index is -0.681. The number of hydrogen-bond donors (Lipinski definition) is 1. The average Bonchev–Trinajstić information content (AvgIpc) is 3.19. The van der Waals surface area contributed by atoms with Crippen molar-refractivity contribution in [3.05, 3.63) is 58.3 Å². The molecular weight excluding hydrogens is 366 g/mol. The van der Waals surface area contributed by atoms with Gasteiger partial charge in [-0.1, -0.05) is 36.4 Å². The SMILES string of the molecule is CC(=O)[C@@H](Cc1ccccc1)NC(=O)COC(=O)CCC(=O)c1cccs1. The maximum absolute atomic E-state index is 12.0. The Morgan fingerprint density at radius 3 is 2.41 bits per heavy atom. The van der Waals surface area contributed by atoms with Gasteiger partial charge in [-0.15, -0.1) is 11.3 Å². The first-order chi connectivity index (χ1) is 13.0. The van der Waals surface area contributed by atoms with E-state index in [-0.39, 0.29) is 24.4 Å². The van der Waals surface area contributed by atoms with Crippen LogP contribution in [-0.2, 0) is 25.5 Å². The number of Topliss-reactive ketones (excluding diaryl/α,β-unsaturated/α-hetero) is 2. The summed E-state index contributed by atoms with van der Waals surface area (Å²) in [5.41, 5.74) is 0.919. The third-order valence-electron chi connectivity index (χ3n) is 3.83. The Bertz CT molecular complexity index is 786. The highest BCUT2D eigenvalue weighted by molar-refractivity contribution is 7.12. The molecule has 142 valence electrons. The second kappa shape index (κ2) is 10.4. The summed E-state index contributed by atoms with van der Waals surface area (Å²) < 4.78 is 4.89. The summed E-state index contributed by atoms with van der Waals surface area (Å²) in [7, 11) is 0. The molecule has 7 heteroatoms. The molecule has 0 saturated carbocycles. The van der Waals surface area contributed by atoms with Gasteiger partial charge < -0.3 is 10.1 Å². The van der Waals surface area contributed by atoms with Crippen LogP contribution in [0.1, 0.15) is 35.0 Å². The number of ether oxygens (including phenoxy) is 1. The van der Waals surface area contributed by atoms with Crippen molar-refractivity contribution in [3.8, 4) is 0 Å². The standard InChI is InChI=1S/C20H21NO5S/c1-14(22)16(12-15-6-3-2-4-7-15)21-19(24)13-26-20(25)10-9-17(23)18-8-5-11-27-18/h2-8,11,16H,9-10,12-13H2,1H3,(H,21,24)/t16-/m1/s1. The lowest BCUT2D eigenvalue weighted by Crippen LogP contribution is -2.43. The molecule has 0 spiro atoms. The molecule has 27 heavy (non-hydrogen) atoms. The van der Waals surface area contributed by atoms with Crippen LogP contribution in [0.3, 0.4) is 0 Å². The van der Waals surface area contributed by atoms with Crippen LogP contribution >= 0.6 is 11.3 Å². The van der Waals surface area contributed by atoms with Crippen LogP contribution in [0.5, 0.6) is 0 Å². The summed E-state index contributed by atoms with van der Waals surface area (Å²) in [4.78, 5) is 47.9. The van der Waals surface area contributed by atoms with E-state index in [1.807, 2.05) is 30.3 Å². The number of benzene rings is 1. The Balaban J connectivity index is 1.74. The number of carbonyl (C=O) groups excluding carboxylic acids is 4. The van der Waals surface area contributed by atoms with Gasteiger partial charge in [0, 0.05) is 6.42 Å². The van der Waals surface area contributed by atoms with E-state index in [9.17, 15) is 19.2 Å². The second-order valence-corrected chi connectivity index (χ2v) is 6.93. The van der Waals surface area contributed by atoms with Crippen molar-refractivity contribution in [2.45, 2.75) is 32.2 Å². The fourth-order valence-corrected chi connectivity index (χ4v) is 3.07. The van der Waals surface area contributed by atoms with Gasteiger partial charge in [0.2, 0.25) is 0 Å². The number of amides is 1. The van der Waals surface area contributed by atoms with Crippen LogP contribution in [-0.4, -0.2) is 36.1 Å². The molecule has 1 N–H and O–H groups in total. The first-order valence-corrected chi connectivity index (χ1v) is 9.39. The maximum atomic E-state index is 12.0. The quantitative estimate of drug-likeness (QED) is 0.500. The molecule has 2 aromatic rings. The van der Waals surface area contributed by atoms with Gasteiger partial charge in [-0.05, 0) is 30.4 Å². The van der Waals surface area contributed by atoms with Gasteiger partial charge in [-0.3, -0.25) is 19.2 Å². The monoisotopic (exact) mass is 387 g/mol. The molecule has 0 fully saturated rings. The topological polar surface area (TPSA) is 89.5 Å². The third kappa shape index (κ3) is 7.15. The Kier molecular flexibility index (Phi) is 7.88. The minimum absolute atomic E-state index is 0.0328. The summed E-state index contributed by atoms with van der Waals surface area (Å²) >= 11 is 1.31. The first kappa shape index (κ1) is 20.5. The van der Waals surface area contributed by atoms with Crippen LogP contribution in [0.2, 0.25) is 0 Å². The van der Waals surface area contributed by atoms with Gasteiger partial charge in [-0.25, -0.2) is 0 Å². The minimum Gasteiger partial charge on any atom is -0.456 e. The zero-order valence-electron chi connectivity index (χ0n) is 15.0. The molecule has 0 aliphatic rings. The van der Waals surface area contributed by atoms with Gasteiger partial charge in [0.05, 0.1) is 17.3 Å². The van der Waals surface area contributed by atoms with Crippen LogP contribution in [0.25, 0.3) is 0 Å². The smallest absolute Gasteiger partial charge is 0.306 e. The number of hydrogen-bond acceptors (Lipinski definition) is 6. The van der Waals surface area contributed by atoms with E-state index in [4.69, 9.17) is 4.74 Å². The summed E-state index contributed by atoms with van der Waals surface area (Å²) in [6, 6.07) is 12.1. The van der Waals surface area contributed by atoms with E-state index >= 15 is 0 Å². The van der Waals surface area contributed by atoms with Crippen molar-refractivity contribution in [1.82, 2.24) is 5.32 Å². The van der Waals surface area contributed by atoms with Gasteiger partial charge in [0.15, 0.2) is 18.2 Å². The molecule has 1 aromatic carbocycles. The summed E-state index contributed by atoms with van der Waals surface area (Å²) in [6.45, 7) is 0.917. The normalized spacial score (nSPS) is 11.4. The lowest BCUT2D eigenvalue weighted by atomic mass is 10.0. The van der Waals surface area contributed by atoms with Crippen LogP contribution < -0.4 is 5.32 Å². The molecule has 1 aromatic heterocycles. The maximum Gasteiger partial charge on any atom is 0.306 e.